The molecule has 0 unspecified atom stereocenters. The summed E-state index contributed by atoms with van der Waals surface area (Å²) in [5, 5.41) is 0. The average Bonchev–Trinajstić information content (AvgIpc) is 2.15. The van der Waals surface area contributed by atoms with Gasteiger partial charge in [-0.15, -0.1) is 0 Å². The van der Waals surface area contributed by atoms with Gasteiger partial charge in [-0.2, -0.15) is 0 Å². The molecule has 15 heavy (non-hydrogen) atoms. The maximum atomic E-state index is 11.7. The highest BCUT2D eigenvalue weighted by atomic mass is 16.5. The standard InChI is InChI=1S/C10H14N2O3/c1-9(2)5-6(10(3,4)15-9)11-8(14)12-7(5)13/h1-4H3,(H2,11,12,13,14). The second kappa shape index (κ2) is 2.61. The summed E-state index contributed by atoms with van der Waals surface area (Å²) in [6.45, 7) is 7.29. The second-order valence-corrected chi connectivity index (χ2v) is 4.78. The monoisotopic (exact) mass is 210 g/mol. The van der Waals surface area contributed by atoms with E-state index in [0.717, 1.165) is 0 Å². The Morgan fingerprint density at radius 2 is 1.60 bits per heavy atom. The lowest BCUT2D eigenvalue weighted by Crippen LogP contribution is -2.31. The summed E-state index contributed by atoms with van der Waals surface area (Å²) in [6.07, 6.45) is 0. The molecular formula is C10H14N2O3. The van der Waals surface area contributed by atoms with E-state index in [2.05, 4.69) is 9.97 Å². The Labute approximate surface area is 86.5 Å². The van der Waals surface area contributed by atoms with Crippen LogP contribution in [0.5, 0.6) is 0 Å². The molecule has 0 amide bonds. The van der Waals surface area contributed by atoms with E-state index in [4.69, 9.17) is 4.74 Å². The molecule has 82 valence electrons. The number of ether oxygens (including phenoxy) is 1. The molecule has 0 spiro atoms. The van der Waals surface area contributed by atoms with Gasteiger partial charge in [-0.3, -0.25) is 9.78 Å². The molecule has 2 N–H and O–H groups in total. The molecule has 1 aliphatic heterocycles. The number of aromatic amines is 2. The molecule has 1 aromatic heterocycles. The van der Waals surface area contributed by atoms with Crippen molar-refractivity contribution < 1.29 is 4.74 Å². The summed E-state index contributed by atoms with van der Waals surface area (Å²) in [5.41, 5.74) is -1.09. The van der Waals surface area contributed by atoms with Gasteiger partial charge in [0.25, 0.3) is 5.56 Å². The van der Waals surface area contributed by atoms with Crippen LogP contribution in [0.3, 0.4) is 0 Å². The molecule has 0 atom stereocenters. The fourth-order valence-electron chi connectivity index (χ4n) is 2.25. The zero-order valence-electron chi connectivity index (χ0n) is 9.22. The van der Waals surface area contributed by atoms with E-state index in [1.54, 1.807) is 0 Å². The Kier molecular flexibility index (Phi) is 1.77. The maximum absolute atomic E-state index is 11.7. The first-order valence-electron chi connectivity index (χ1n) is 4.82. The topological polar surface area (TPSA) is 75.0 Å². The summed E-state index contributed by atoms with van der Waals surface area (Å²) < 4.78 is 5.75. The third-order valence-corrected chi connectivity index (χ3v) is 2.66. The molecule has 1 aliphatic rings. The van der Waals surface area contributed by atoms with Gasteiger partial charge in [0.15, 0.2) is 0 Å². The lowest BCUT2D eigenvalue weighted by atomic mass is 9.97. The second-order valence-electron chi connectivity index (χ2n) is 4.78. The summed E-state index contributed by atoms with van der Waals surface area (Å²) >= 11 is 0. The van der Waals surface area contributed by atoms with E-state index in [0.29, 0.717) is 11.3 Å². The van der Waals surface area contributed by atoms with E-state index < -0.39 is 16.9 Å². The maximum Gasteiger partial charge on any atom is 0.326 e. The highest BCUT2D eigenvalue weighted by Crippen LogP contribution is 2.42. The van der Waals surface area contributed by atoms with Crippen molar-refractivity contribution in [1.82, 2.24) is 9.97 Å². The van der Waals surface area contributed by atoms with Crippen LogP contribution in [0.4, 0.5) is 0 Å². The first-order chi connectivity index (χ1) is 6.74. The molecule has 0 radical (unpaired) electrons. The first-order valence-corrected chi connectivity index (χ1v) is 4.82. The highest BCUT2D eigenvalue weighted by Gasteiger charge is 2.45. The predicted molar refractivity (Wildman–Crippen MR) is 54.8 cm³/mol. The Balaban J connectivity index is 2.88. The molecular weight excluding hydrogens is 196 g/mol. The van der Waals surface area contributed by atoms with E-state index >= 15 is 0 Å². The van der Waals surface area contributed by atoms with E-state index in [-0.39, 0.29) is 5.56 Å². The van der Waals surface area contributed by atoms with Crippen molar-refractivity contribution in [2.24, 2.45) is 0 Å². The molecule has 0 aromatic carbocycles. The summed E-state index contributed by atoms with van der Waals surface area (Å²) in [7, 11) is 0. The van der Waals surface area contributed by atoms with Crippen LogP contribution >= 0.6 is 0 Å². The lowest BCUT2D eigenvalue weighted by molar-refractivity contribution is -0.106. The Morgan fingerprint density at radius 1 is 1.00 bits per heavy atom. The zero-order valence-corrected chi connectivity index (χ0v) is 9.22. The van der Waals surface area contributed by atoms with Crippen LogP contribution in [0.25, 0.3) is 0 Å². The number of hydrogen-bond acceptors (Lipinski definition) is 3. The fraction of sp³-hybridized carbons (Fsp3) is 0.600. The van der Waals surface area contributed by atoms with Crippen LogP contribution in [-0.2, 0) is 15.9 Å². The normalized spacial score (nSPS) is 21.3. The average molecular weight is 210 g/mol. The van der Waals surface area contributed by atoms with Crippen molar-refractivity contribution >= 4 is 0 Å². The van der Waals surface area contributed by atoms with Gasteiger partial charge in [-0.1, -0.05) is 0 Å². The molecule has 0 saturated carbocycles. The van der Waals surface area contributed by atoms with Crippen LogP contribution < -0.4 is 11.2 Å². The third kappa shape index (κ3) is 1.34. The minimum atomic E-state index is -0.670. The van der Waals surface area contributed by atoms with Crippen molar-refractivity contribution in [2.45, 2.75) is 38.9 Å². The zero-order chi connectivity index (χ0) is 11.4. The summed E-state index contributed by atoms with van der Waals surface area (Å²) in [5.74, 6) is 0. The van der Waals surface area contributed by atoms with Gasteiger partial charge in [0.05, 0.1) is 16.9 Å². The molecule has 0 bridgehead atoms. The Morgan fingerprint density at radius 3 is 2.20 bits per heavy atom. The van der Waals surface area contributed by atoms with Gasteiger partial charge in [-0.25, -0.2) is 4.79 Å². The minimum Gasteiger partial charge on any atom is -0.358 e. The first kappa shape index (κ1) is 10.2. The Hall–Kier alpha value is -1.36. The Bertz CT molecular complexity index is 522. The fourth-order valence-corrected chi connectivity index (χ4v) is 2.25. The van der Waals surface area contributed by atoms with E-state index in [1.807, 2.05) is 27.7 Å². The molecule has 5 heteroatoms. The van der Waals surface area contributed by atoms with Gasteiger partial charge in [0, 0.05) is 0 Å². The summed E-state index contributed by atoms with van der Waals surface area (Å²) in [6, 6.07) is 0. The minimum absolute atomic E-state index is 0.371. The van der Waals surface area contributed by atoms with E-state index in [9.17, 15) is 9.59 Å². The van der Waals surface area contributed by atoms with Gasteiger partial charge in [-0.05, 0) is 27.7 Å². The van der Waals surface area contributed by atoms with Crippen LogP contribution in [0, 0.1) is 0 Å². The number of nitrogens with one attached hydrogen (secondary N) is 2. The van der Waals surface area contributed by atoms with Crippen molar-refractivity contribution in [3.8, 4) is 0 Å². The van der Waals surface area contributed by atoms with Gasteiger partial charge in [0.2, 0.25) is 0 Å². The van der Waals surface area contributed by atoms with Gasteiger partial charge < -0.3 is 9.72 Å². The molecule has 1 aromatic rings. The third-order valence-electron chi connectivity index (χ3n) is 2.66. The van der Waals surface area contributed by atoms with Gasteiger partial charge >= 0.3 is 5.69 Å². The van der Waals surface area contributed by atoms with Crippen molar-refractivity contribution in [3.63, 3.8) is 0 Å². The van der Waals surface area contributed by atoms with Crippen LogP contribution in [0.1, 0.15) is 39.0 Å². The van der Waals surface area contributed by atoms with Crippen LogP contribution in [-0.4, -0.2) is 9.97 Å². The SMILES string of the molecule is CC1(C)OC(C)(C)c2c1[nH]c(=O)[nH]c2=O. The molecule has 2 rings (SSSR count). The summed E-state index contributed by atoms with van der Waals surface area (Å²) in [4.78, 5) is 27.7. The molecule has 0 saturated heterocycles. The van der Waals surface area contributed by atoms with Crippen LogP contribution in [0.2, 0.25) is 0 Å². The van der Waals surface area contributed by atoms with Crippen LogP contribution in [0.15, 0.2) is 9.59 Å². The number of aromatic nitrogens is 2. The predicted octanol–water partition coefficient (Wildman–Crippen LogP) is 0.564. The molecule has 2 heterocycles. The molecule has 0 aliphatic carbocycles. The molecule has 0 fully saturated rings. The van der Waals surface area contributed by atoms with Crippen molar-refractivity contribution in [1.29, 1.82) is 0 Å². The largest absolute Gasteiger partial charge is 0.358 e. The lowest BCUT2D eigenvalue weighted by Gasteiger charge is -2.23. The quantitative estimate of drug-likeness (QED) is 0.657. The van der Waals surface area contributed by atoms with Gasteiger partial charge in [0.1, 0.15) is 5.60 Å². The van der Waals surface area contributed by atoms with Crippen molar-refractivity contribution in [3.05, 3.63) is 32.1 Å². The van der Waals surface area contributed by atoms with Crippen molar-refractivity contribution in [2.75, 3.05) is 0 Å². The number of rotatable bonds is 0. The molecule has 5 nitrogen and oxygen atoms in total. The number of H-pyrrole nitrogens is 2. The van der Waals surface area contributed by atoms with E-state index in [1.165, 1.54) is 0 Å². The highest BCUT2D eigenvalue weighted by molar-refractivity contribution is 5.32. The smallest absolute Gasteiger partial charge is 0.326 e. The number of hydrogen-bond donors (Lipinski definition) is 2. The number of fused-ring (bicyclic) bond motifs is 1.